The first kappa shape index (κ1) is 16.0. The van der Waals surface area contributed by atoms with Crippen LogP contribution in [0.2, 0.25) is 0 Å². The molecule has 4 atom stereocenters. The Morgan fingerprint density at radius 2 is 2.14 bits per heavy atom. The van der Waals surface area contributed by atoms with Gasteiger partial charge in [0.05, 0.1) is 37.8 Å². The van der Waals surface area contributed by atoms with Crippen LogP contribution in [-0.4, -0.2) is 65.6 Å². The standard InChI is InChI=1S/C14H24N2O5/c1-9-8-21-11(7-17)6-16(9)14(20)15-5-10-3-2-4-12(10)13(18)19/h9-12,17H,2-8H2,1H3,(H,15,20)(H,18,19). The number of hydrogen-bond donors (Lipinski definition) is 3. The maximum absolute atomic E-state index is 12.2. The SMILES string of the molecule is CC1COC(CO)CN1C(=O)NCC1CCCC1C(=O)O. The maximum Gasteiger partial charge on any atom is 0.317 e. The second-order valence-electron chi connectivity index (χ2n) is 5.96. The zero-order chi connectivity index (χ0) is 15.4. The highest BCUT2D eigenvalue weighted by Gasteiger charge is 2.34. The maximum atomic E-state index is 12.2. The smallest absolute Gasteiger partial charge is 0.317 e. The summed E-state index contributed by atoms with van der Waals surface area (Å²) < 4.78 is 5.40. The van der Waals surface area contributed by atoms with Crippen molar-refractivity contribution in [2.45, 2.75) is 38.3 Å². The average Bonchev–Trinajstić information content (AvgIpc) is 2.94. The van der Waals surface area contributed by atoms with Crippen molar-refractivity contribution in [1.29, 1.82) is 0 Å². The van der Waals surface area contributed by atoms with E-state index >= 15 is 0 Å². The van der Waals surface area contributed by atoms with Crippen molar-refractivity contribution in [3.8, 4) is 0 Å². The molecule has 0 bridgehead atoms. The third kappa shape index (κ3) is 3.85. The van der Waals surface area contributed by atoms with E-state index in [0.29, 0.717) is 26.1 Å². The minimum atomic E-state index is -0.771. The van der Waals surface area contributed by atoms with Crippen molar-refractivity contribution in [2.24, 2.45) is 11.8 Å². The first-order valence-electron chi connectivity index (χ1n) is 7.52. The van der Waals surface area contributed by atoms with Gasteiger partial charge in [0.15, 0.2) is 0 Å². The Morgan fingerprint density at radius 1 is 1.38 bits per heavy atom. The van der Waals surface area contributed by atoms with E-state index in [-0.39, 0.29) is 36.6 Å². The quantitative estimate of drug-likeness (QED) is 0.692. The van der Waals surface area contributed by atoms with Gasteiger partial charge in [-0.2, -0.15) is 0 Å². The summed E-state index contributed by atoms with van der Waals surface area (Å²) in [4.78, 5) is 25.0. The number of nitrogens with one attached hydrogen (secondary N) is 1. The van der Waals surface area contributed by atoms with Crippen LogP contribution in [0, 0.1) is 11.8 Å². The van der Waals surface area contributed by atoms with E-state index in [1.54, 1.807) is 4.90 Å². The number of nitrogens with zero attached hydrogens (tertiary/aromatic N) is 1. The number of hydrogen-bond acceptors (Lipinski definition) is 4. The molecule has 0 aromatic rings. The molecule has 4 unspecified atom stereocenters. The Morgan fingerprint density at radius 3 is 2.81 bits per heavy atom. The second-order valence-corrected chi connectivity index (χ2v) is 5.96. The largest absolute Gasteiger partial charge is 0.481 e. The fraction of sp³-hybridized carbons (Fsp3) is 0.857. The Bertz CT molecular complexity index is 390. The van der Waals surface area contributed by atoms with Gasteiger partial charge >= 0.3 is 12.0 Å². The van der Waals surface area contributed by atoms with Crippen LogP contribution in [0.1, 0.15) is 26.2 Å². The lowest BCUT2D eigenvalue weighted by molar-refractivity contribution is -0.142. The number of carboxylic acids is 1. The van der Waals surface area contributed by atoms with Crippen LogP contribution in [0.3, 0.4) is 0 Å². The van der Waals surface area contributed by atoms with E-state index in [1.165, 1.54) is 0 Å². The molecular formula is C14H24N2O5. The summed E-state index contributed by atoms with van der Waals surface area (Å²) >= 11 is 0. The van der Waals surface area contributed by atoms with Crippen molar-refractivity contribution in [3.63, 3.8) is 0 Å². The van der Waals surface area contributed by atoms with Gasteiger partial charge in [-0.05, 0) is 25.7 Å². The number of aliphatic hydroxyl groups is 1. The number of aliphatic carboxylic acids is 1. The minimum Gasteiger partial charge on any atom is -0.481 e. The first-order chi connectivity index (χ1) is 10.0. The molecule has 21 heavy (non-hydrogen) atoms. The van der Waals surface area contributed by atoms with Crippen LogP contribution >= 0.6 is 0 Å². The van der Waals surface area contributed by atoms with E-state index in [0.717, 1.165) is 12.8 Å². The molecular weight excluding hydrogens is 276 g/mol. The summed E-state index contributed by atoms with van der Waals surface area (Å²) in [5, 5.41) is 21.1. The fourth-order valence-electron chi connectivity index (χ4n) is 3.14. The third-order valence-corrected chi connectivity index (χ3v) is 4.46. The predicted molar refractivity (Wildman–Crippen MR) is 74.9 cm³/mol. The molecule has 3 N–H and O–H groups in total. The second kappa shape index (κ2) is 7.09. The highest BCUT2D eigenvalue weighted by Crippen LogP contribution is 2.31. The van der Waals surface area contributed by atoms with Crippen LogP contribution in [-0.2, 0) is 9.53 Å². The van der Waals surface area contributed by atoms with Gasteiger partial charge in [0.1, 0.15) is 0 Å². The summed E-state index contributed by atoms with van der Waals surface area (Å²) in [5.41, 5.74) is 0. The molecule has 1 saturated heterocycles. The zero-order valence-electron chi connectivity index (χ0n) is 12.3. The molecule has 1 aliphatic carbocycles. The number of carbonyl (C=O) groups is 2. The number of rotatable bonds is 4. The van der Waals surface area contributed by atoms with Gasteiger partial charge in [-0.15, -0.1) is 0 Å². The molecule has 1 aliphatic heterocycles. The molecule has 0 aromatic carbocycles. The van der Waals surface area contributed by atoms with Crippen molar-refractivity contribution in [3.05, 3.63) is 0 Å². The number of morpholine rings is 1. The molecule has 0 spiro atoms. The van der Waals surface area contributed by atoms with E-state index in [4.69, 9.17) is 14.9 Å². The van der Waals surface area contributed by atoms with E-state index in [2.05, 4.69) is 5.32 Å². The summed E-state index contributed by atoms with van der Waals surface area (Å²) in [6, 6.07) is -0.257. The molecule has 2 rings (SSSR count). The molecule has 1 saturated carbocycles. The molecule has 120 valence electrons. The molecule has 2 aliphatic rings. The van der Waals surface area contributed by atoms with Crippen LogP contribution in [0.4, 0.5) is 4.79 Å². The highest BCUT2D eigenvalue weighted by atomic mass is 16.5. The average molecular weight is 300 g/mol. The van der Waals surface area contributed by atoms with Gasteiger partial charge in [-0.3, -0.25) is 4.79 Å². The van der Waals surface area contributed by atoms with Gasteiger partial charge in [0.25, 0.3) is 0 Å². The van der Waals surface area contributed by atoms with Crippen molar-refractivity contribution in [2.75, 3.05) is 26.3 Å². The summed E-state index contributed by atoms with van der Waals surface area (Å²) in [7, 11) is 0. The third-order valence-electron chi connectivity index (χ3n) is 4.46. The number of urea groups is 1. The molecule has 0 radical (unpaired) electrons. The Hall–Kier alpha value is -1.34. The number of carboxylic acid groups (broad SMARTS) is 1. The topological polar surface area (TPSA) is 99.1 Å². The van der Waals surface area contributed by atoms with Crippen LogP contribution in [0.15, 0.2) is 0 Å². The van der Waals surface area contributed by atoms with E-state index < -0.39 is 5.97 Å². The molecule has 1 heterocycles. The molecule has 7 nitrogen and oxygen atoms in total. The number of amides is 2. The lowest BCUT2D eigenvalue weighted by Gasteiger charge is -2.37. The van der Waals surface area contributed by atoms with E-state index in [1.807, 2.05) is 6.92 Å². The first-order valence-corrected chi connectivity index (χ1v) is 7.52. The number of carbonyl (C=O) groups excluding carboxylic acids is 1. The van der Waals surface area contributed by atoms with Gasteiger partial charge in [0, 0.05) is 6.54 Å². The highest BCUT2D eigenvalue weighted by molar-refractivity contribution is 5.75. The van der Waals surface area contributed by atoms with Crippen molar-refractivity contribution in [1.82, 2.24) is 10.2 Å². The lowest BCUT2D eigenvalue weighted by Crippen LogP contribution is -2.55. The Balaban J connectivity index is 1.84. The van der Waals surface area contributed by atoms with Gasteiger partial charge in [0.2, 0.25) is 0 Å². The monoisotopic (exact) mass is 300 g/mol. The molecule has 7 heteroatoms. The zero-order valence-corrected chi connectivity index (χ0v) is 12.3. The normalized spacial score (nSPS) is 33.0. The number of aliphatic hydroxyl groups excluding tert-OH is 1. The lowest BCUT2D eigenvalue weighted by atomic mass is 9.96. The molecule has 2 amide bonds. The van der Waals surface area contributed by atoms with Crippen LogP contribution < -0.4 is 5.32 Å². The van der Waals surface area contributed by atoms with Gasteiger partial charge in [-0.1, -0.05) is 6.42 Å². The Labute approximate surface area is 124 Å². The summed E-state index contributed by atoms with van der Waals surface area (Å²) in [5.74, 6) is -1.11. The molecule has 2 fully saturated rings. The summed E-state index contributed by atoms with van der Waals surface area (Å²) in [6.45, 7) is 2.93. The number of ether oxygens (including phenoxy) is 1. The summed E-state index contributed by atoms with van der Waals surface area (Å²) in [6.07, 6.45) is 2.09. The Kier molecular flexibility index (Phi) is 5.41. The van der Waals surface area contributed by atoms with Gasteiger partial charge in [-0.25, -0.2) is 4.79 Å². The predicted octanol–water partition coefficient (Wildman–Crippen LogP) is 0.279. The van der Waals surface area contributed by atoms with Crippen LogP contribution in [0.5, 0.6) is 0 Å². The minimum absolute atomic E-state index is 0.0106. The van der Waals surface area contributed by atoms with Gasteiger partial charge < -0.3 is 25.2 Å². The fourth-order valence-corrected chi connectivity index (χ4v) is 3.14. The van der Waals surface area contributed by atoms with Crippen molar-refractivity contribution >= 4 is 12.0 Å². The molecule has 0 aromatic heterocycles. The van der Waals surface area contributed by atoms with E-state index in [9.17, 15) is 9.59 Å². The van der Waals surface area contributed by atoms with Crippen LogP contribution in [0.25, 0.3) is 0 Å². The van der Waals surface area contributed by atoms with Crippen molar-refractivity contribution < 1.29 is 24.5 Å².